The lowest BCUT2D eigenvalue weighted by molar-refractivity contribution is 0.0517. The fourth-order valence-electron chi connectivity index (χ4n) is 1.68. The monoisotopic (exact) mass is 235 g/mol. The van der Waals surface area contributed by atoms with Crippen molar-refractivity contribution in [1.29, 1.82) is 0 Å². The van der Waals surface area contributed by atoms with Crippen LogP contribution in [0.5, 0.6) is 0 Å². The second kappa shape index (κ2) is 4.90. The Bertz CT molecular complexity index is 459. The molecule has 1 amide bonds. The number of carbonyl (C=O) groups is 2. The summed E-state index contributed by atoms with van der Waals surface area (Å²) in [6, 6.07) is 1.59. The Morgan fingerprint density at radius 2 is 2.35 bits per heavy atom. The maximum absolute atomic E-state index is 11.6. The molecule has 90 valence electrons. The van der Waals surface area contributed by atoms with Gasteiger partial charge in [0.1, 0.15) is 0 Å². The van der Waals surface area contributed by atoms with E-state index in [0.717, 1.165) is 12.0 Å². The fraction of sp³-hybridized carbons (Fsp3) is 0.455. The van der Waals surface area contributed by atoms with Crippen molar-refractivity contribution in [2.24, 2.45) is 0 Å². The number of rotatable bonds is 2. The van der Waals surface area contributed by atoms with Gasteiger partial charge in [0.25, 0.3) is 5.91 Å². The molecule has 0 radical (unpaired) electrons. The Labute approximate surface area is 98.4 Å². The number of ether oxygens (including phenoxy) is 1. The van der Waals surface area contributed by atoms with E-state index in [2.05, 4.69) is 15.5 Å². The predicted molar refractivity (Wildman–Crippen MR) is 58.6 cm³/mol. The molecule has 2 heterocycles. The number of aryl methyl sites for hydroxylation is 1. The first kappa shape index (κ1) is 11.5. The average molecular weight is 235 g/mol. The van der Waals surface area contributed by atoms with Gasteiger partial charge in [0, 0.05) is 6.54 Å². The summed E-state index contributed by atoms with van der Waals surface area (Å²) in [5.74, 6) is -0.743. The van der Waals surface area contributed by atoms with Crippen molar-refractivity contribution in [3.05, 3.63) is 23.0 Å². The zero-order chi connectivity index (χ0) is 12.3. The Balaban J connectivity index is 2.32. The number of hydrogen-bond donors (Lipinski definition) is 1. The molecular formula is C11H13N3O3. The lowest BCUT2D eigenvalue weighted by Crippen LogP contribution is -2.24. The Morgan fingerprint density at radius 3 is 3.12 bits per heavy atom. The molecule has 0 saturated heterocycles. The van der Waals surface area contributed by atoms with Crippen LogP contribution in [0.25, 0.3) is 0 Å². The molecular weight excluding hydrogens is 222 g/mol. The summed E-state index contributed by atoms with van der Waals surface area (Å²) in [6.45, 7) is 2.63. The zero-order valence-corrected chi connectivity index (χ0v) is 9.52. The first-order valence-corrected chi connectivity index (χ1v) is 5.54. The molecule has 17 heavy (non-hydrogen) atoms. The highest BCUT2D eigenvalue weighted by atomic mass is 16.5. The van der Waals surface area contributed by atoms with Crippen LogP contribution in [0.15, 0.2) is 6.07 Å². The molecule has 0 spiro atoms. The third kappa shape index (κ3) is 2.41. The Hall–Kier alpha value is -1.98. The maximum atomic E-state index is 11.6. The fourth-order valence-corrected chi connectivity index (χ4v) is 1.68. The number of hydrogen-bond acceptors (Lipinski definition) is 5. The van der Waals surface area contributed by atoms with Crippen LogP contribution in [0.4, 0.5) is 0 Å². The third-order valence-corrected chi connectivity index (χ3v) is 2.48. The smallest absolute Gasteiger partial charge is 0.358 e. The standard InChI is InChI=1S/C11H13N3O3/c1-2-17-11(16)8-6-7-4-3-5-12-10(15)9(7)14-13-8/h6H,2-5H2,1H3,(H,12,15). The predicted octanol–water partition coefficient (Wildman–Crippen LogP) is 0.329. The molecule has 2 rings (SSSR count). The van der Waals surface area contributed by atoms with Crippen LogP contribution >= 0.6 is 0 Å². The number of nitrogens with one attached hydrogen (secondary N) is 1. The van der Waals surface area contributed by atoms with Gasteiger partial charge in [0.2, 0.25) is 0 Å². The summed E-state index contributed by atoms with van der Waals surface area (Å²) < 4.78 is 4.84. The quantitative estimate of drug-likeness (QED) is 0.747. The van der Waals surface area contributed by atoms with Gasteiger partial charge in [-0.1, -0.05) is 0 Å². The molecule has 0 aromatic carbocycles. The molecule has 1 aliphatic rings. The summed E-state index contributed by atoms with van der Waals surface area (Å²) in [5, 5.41) is 10.2. The number of amides is 1. The molecule has 1 aliphatic heterocycles. The third-order valence-electron chi connectivity index (χ3n) is 2.48. The molecule has 0 saturated carbocycles. The molecule has 1 aromatic rings. The van der Waals surface area contributed by atoms with Gasteiger partial charge >= 0.3 is 5.97 Å². The maximum Gasteiger partial charge on any atom is 0.358 e. The van der Waals surface area contributed by atoms with E-state index in [1.165, 1.54) is 0 Å². The van der Waals surface area contributed by atoms with E-state index in [1.807, 2.05) is 0 Å². The van der Waals surface area contributed by atoms with E-state index < -0.39 is 5.97 Å². The van der Waals surface area contributed by atoms with Gasteiger partial charge in [-0.3, -0.25) is 4.79 Å². The second-order valence-corrected chi connectivity index (χ2v) is 3.68. The van der Waals surface area contributed by atoms with Crippen LogP contribution in [-0.2, 0) is 11.2 Å². The molecule has 0 bridgehead atoms. The molecule has 0 fully saturated rings. The first-order valence-electron chi connectivity index (χ1n) is 5.54. The lowest BCUT2D eigenvalue weighted by Gasteiger charge is -2.04. The van der Waals surface area contributed by atoms with E-state index in [0.29, 0.717) is 18.7 Å². The van der Waals surface area contributed by atoms with Gasteiger partial charge in [-0.05, 0) is 31.4 Å². The number of fused-ring (bicyclic) bond motifs is 1. The summed E-state index contributed by atoms with van der Waals surface area (Å²) >= 11 is 0. The van der Waals surface area contributed by atoms with Gasteiger partial charge in [0.15, 0.2) is 11.4 Å². The molecule has 6 nitrogen and oxygen atoms in total. The van der Waals surface area contributed by atoms with Crippen LogP contribution in [0, 0.1) is 0 Å². The molecule has 1 N–H and O–H groups in total. The highest BCUT2D eigenvalue weighted by Gasteiger charge is 2.20. The van der Waals surface area contributed by atoms with Gasteiger partial charge in [-0.2, -0.15) is 0 Å². The molecule has 6 heteroatoms. The topological polar surface area (TPSA) is 81.2 Å². The minimum atomic E-state index is -0.507. The zero-order valence-electron chi connectivity index (χ0n) is 9.52. The first-order chi connectivity index (χ1) is 8.22. The van der Waals surface area contributed by atoms with E-state index in [-0.39, 0.29) is 18.2 Å². The van der Waals surface area contributed by atoms with E-state index in [9.17, 15) is 9.59 Å². The van der Waals surface area contributed by atoms with Crippen molar-refractivity contribution in [1.82, 2.24) is 15.5 Å². The minimum absolute atomic E-state index is 0.153. The number of carbonyl (C=O) groups excluding carboxylic acids is 2. The van der Waals surface area contributed by atoms with Gasteiger partial charge in [-0.25, -0.2) is 4.79 Å². The Morgan fingerprint density at radius 1 is 1.53 bits per heavy atom. The highest BCUT2D eigenvalue weighted by Crippen LogP contribution is 2.13. The summed E-state index contributed by atoms with van der Waals surface area (Å²) in [4.78, 5) is 23.1. The number of esters is 1. The largest absolute Gasteiger partial charge is 0.461 e. The van der Waals surface area contributed by atoms with Crippen molar-refractivity contribution in [3.8, 4) is 0 Å². The SMILES string of the molecule is CCOC(=O)c1cc2c(nn1)C(=O)NCCC2. The highest BCUT2D eigenvalue weighted by molar-refractivity contribution is 5.95. The number of nitrogens with zero attached hydrogens (tertiary/aromatic N) is 2. The Kier molecular flexibility index (Phi) is 3.32. The van der Waals surface area contributed by atoms with Crippen LogP contribution in [0.1, 0.15) is 39.9 Å². The van der Waals surface area contributed by atoms with Crippen molar-refractivity contribution in [2.45, 2.75) is 19.8 Å². The summed E-state index contributed by atoms with van der Waals surface area (Å²) in [7, 11) is 0. The molecule has 1 aromatic heterocycles. The van der Waals surface area contributed by atoms with Gasteiger partial charge in [-0.15, -0.1) is 10.2 Å². The summed E-state index contributed by atoms with van der Waals surface area (Å²) in [6.07, 6.45) is 1.53. The van der Waals surface area contributed by atoms with Crippen molar-refractivity contribution < 1.29 is 14.3 Å². The van der Waals surface area contributed by atoms with E-state index >= 15 is 0 Å². The van der Waals surface area contributed by atoms with E-state index in [1.54, 1.807) is 13.0 Å². The molecule has 0 atom stereocenters. The lowest BCUT2D eigenvalue weighted by atomic mass is 10.1. The van der Waals surface area contributed by atoms with Crippen molar-refractivity contribution in [2.75, 3.05) is 13.2 Å². The van der Waals surface area contributed by atoms with E-state index in [4.69, 9.17) is 4.74 Å². The van der Waals surface area contributed by atoms with Gasteiger partial charge < -0.3 is 10.1 Å². The van der Waals surface area contributed by atoms with Crippen LogP contribution in [-0.4, -0.2) is 35.2 Å². The van der Waals surface area contributed by atoms with Gasteiger partial charge in [0.05, 0.1) is 6.61 Å². The minimum Gasteiger partial charge on any atom is -0.461 e. The molecule has 0 aliphatic carbocycles. The molecule has 0 unspecified atom stereocenters. The van der Waals surface area contributed by atoms with Crippen LogP contribution < -0.4 is 5.32 Å². The second-order valence-electron chi connectivity index (χ2n) is 3.68. The number of aromatic nitrogens is 2. The summed E-state index contributed by atoms with van der Waals surface area (Å²) in [5.41, 5.74) is 1.20. The van der Waals surface area contributed by atoms with Crippen LogP contribution in [0.3, 0.4) is 0 Å². The normalized spacial score (nSPS) is 14.5. The van der Waals surface area contributed by atoms with Crippen molar-refractivity contribution >= 4 is 11.9 Å². The van der Waals surface area contributed by atoms with Crippen molar-refractivity contribution in [3.63, 3.8) is 0 Å². The van der Waals surface area contributed by atoms with Crippen LogP contribution in [0.2, 0.25) is 0 Å². The average Bonchev–Trinajstić information content (AvgIpc) is 2.51.